The summed E-state index contributed by atoms with van der Waals surface area (Å²) in [6, 6.07) is 2.47. The molecule has 0 bridgehead atoms. The lowest BCUT2D eigenvalue weighted by molar-refractivity contribution is 0.249. The summed E-state index contributed by atoms with van der Waals surface area (Å²) in [5.41, 5.74) is 0. The van der Waals surface area contributed by atoms with Gasteiger partial charge in [-0.2, -0.15) is 4.39 Å². The maximum absolute atomic E-state index is 13.2. The van der Waals surface area contributed by atoms with Gasteiger partial charge in [0.25, 0.3) is 0 Å². The van der Waals surface area contributed by atoms with E-state index >= 15 is 0 Å². The molecule has 0 radical (unpaired) electrons. The van der Waals surface area contributed by atoms with Crippen LogP contribution in [0.15, 0.2) is 16.6 Å². The van der Waals surface area contributed by atoms with Crippen LogP contribution in [0.5, 0.6) is 5.75 Å². The van der Waals surface area contributed by atoms with Gasteiger partial charge >= 0.3 is 0 Å². The third-order valence-corrected chi connectivity index (χ3v) is 2.21. The van der Waals surface area contributed by atoms with Crippen LogP contribution in [0.4, 0.5) is 8.78 Å². The summed E-state index contributed by atoms with van der Waals surface area (Å²) in [5, 5.41) is 0. The SMILES string of the molecule is CN(C)CCOc1cc(Br)cc(F)c1F. The fourth-order valence-electron chi connectivity index (χ4n) is 0.976. The quantitative estimate of drug-likeness (QED) is 0.786. The highest BCUT2D eigenvalue weighted by Crippen LogP contribution is 2.25. The normalized spacial score (nSPS) is 10.8. The van der Waals surface area contributed by atoms with Gasteiger partial charge in [0, 0.05) is 11.0 Å². The monoisotopic (exact) mass is 279 g/mol. The molecule has 0 heterocycles. The average molecular weight is 280 g/mol. The van der Waals surface area contributed by atoms with Crippen LogP contribution in [0.25, 0.3) is 0 Å². The Bertz CT molecular complexity index is 344. The lowest BCUT2D eigenvalue weighted by atomic mass is 10.3. The van der Waals surface area contributed by atoms with Gasteiger partial charge in [-0.15, -0.1) is 0 Å². The van der Waals surface area contributed by atoms with Gasteiger partial charge in [-0.25, -0.2) is 4.39 Å². The Labute approximate surface area is 96.0 Å². The van der Waals surface area contributed by atoms with Gasteiger partial charge < -0.3 is 9.64 Å². The number of halogens is 3. The van der Waals surface area contributed by atoms with Crippen molar-refractivity contribution in [2.24, 2.45) is 0 Å². The smallest absolute Gasteiger partial charge is 0.200 e. The number of hydrogen-bond donors (Lipinski definition) is 0. The average Bonchev–Trinajstić information content (AvgIpc) is 2.12. The number of likely N-dealkylation sites (N-methyl/N-ethyl adjacent to an activating group) is 1. The molecule has 1 aromatic carbocycles. The number of ether oxygens (including phenoxy) is 1. The Morgan fingerprint density at radius 2 is 2.00 bits per heavy atom. The minimum atomic E-state index is -0.947. The van der Waals surface area contributed by atoms with E-state index in [2.05, 4.69) is 15.9 Å². The standard InChI is InChI=1S/C10H12BrF2NO/c1-14(2)3-4-15-9-6-7(11)5-8(12)10(9)13/h5-6H,3-4H2,1-2H3. The van der Waals surface area contributed by atoms with Crippen LogP contribution in [0.2, 0.25) is 0 Å². The van der Waals surface area contributed by atoms with Crippen LogP contribution in [-0.4, -0.2) is 32.1 Å². The molecule has 0 fully saturated rings. The van der Waals surface area contributed by atoms with Gasteiger partial charge in [-0.3, -0.25) is 0 Å². The summed E-state index contributed by atoms with van der Waals surface area (Å²) in [7, 11) is 3.75. The lowest BCUT2D eigenvalue weighted by Gasteiger charge is -2.11. The predicted molar refractivity (Wildman–Crippen MR) is 58.1 cm³/mol. The van der Waals surface area contributed by atoms with Crippen LogP contribution in [0, 0.1) is 11.6 Å². The summed E-state index contributed by atoms with van der Waals surface area (Å²) in [4.78, 5) is 1.90. The molecule has 0 amide bonds. The van der Waals surface area contributed by atoms with Crippen LogP contribution in [-0.2, 0) is 0 Å². The maximum atomic E-state index is 13.2. The summed E-state index contributed by atoms with van der Waals surface area (Å²) in [6.07, 6.45) is 0. The summed E-state index contributed by atoms with van der Waals surface area (Å²) in [5.74, 6) is -1.93. The van der Waals surface area contributed by atoms with Gasteiger partial charge in [-0.1, -0.05) is 15.9 Å². The Kier molecular flexibility index (Phi) is 4.47. The van der Waals surface area contributed by atoms with Crippen LogP contribution < -0.4 is 4.74 Å². The molecule has 84 valence electrons. The van der Waals surface area contributed by atoms with Crippen molar-refractivity contribution in [1.29, 1.82) is 0 Å². The van der Waals surface area contributed by atoms with Crippen molar-refractivity contribution in [1.82, 2.24) is 4.90 Å². The molecule has 5 heteroatoms. The fourth-order valence-corrected chi connectivity index (χ4v) is 1.38. The van der Waals surface area contributed by atoms with Crippen molar-refractivity contribution in [2.45, 2.75) is 0 Å². The summed E-state index contributed by atoms with van der Waals surface area (Å²) >= 11 is 3.07. The molecule has 0 aliphatic rings. The lowest BCUT2D eigenvalue weighted by Crippen LogP contribution is -2.19. The molecule has 0 unspecified atom stereocenters. The first-order chi connectivity index (χ1) is 7.00. The van der Waals surface area contributed by atoms with Gasteiger partial charge in [0.1, 0.15) is 6.61 Å². The van der Waals surface area contributed by atoms with Crippen molar-refractivity contribution >= 4 is 15.9 Å². The van der Waals surface area contributed by atoms with E-state index in [0.717, 1.165) is 6.07 Å². The second-order valence-electron chi connectivity index (χ2n) is 3.35. The third kappa shape index (κ3) is 3.76. The molecule has 0 aliphatic heterocycles. The van der Waals surface area contributed by atoms with Crippen molar-refractivity contribution in [3.8, 4) is 5.75 Å². The molecule has 0 atom stereocenters. The zero-order valence-corrected chi connectivity index (χ0v) is 10.1. The minimum absolute atomic E-state index is 0.0660. The zero-order valence-electron chi connectivity index (χ0n) is 8.56. The Morgan fingerprint density at radius 1 is 1.33 bits per heavy atom. The van der Waals surface area contributed by atoms with E-state index in [0.29, 0.717) is 17.6 Å². The molecule has 0 aliphatic carbocycles. The van der Waals surface area contributed by atoms with E-state index in [1.54, 1.807) is 0 Å². The van der Waals surface area contributed by atoms with E-state index in [1.807, 2.05) is 19.0 Å². The van der Waals surface area contributed by atoms with Crippen LogP contribution >= 0.6 is 15.9 Å². The highest BCUT2D eigenvalue weighted by molar-refractivity contribution is 9.10. The molecule has 0 spiro atoms. The molecule has 0 aromatic heterocycles. The number of nitrogens with zero attached hydrogens (tertiary/aromatic N) is 1. The van der Waals surface area contributed by atoms with Crippen molar-refractivity contribution in [2.75, 3.05) is 27.2 Å². The fraction of sp³-hybridized carbons (Fsp3) is 0.400. The van der Waals surface area contributed by atoms with Gasteiger partial charge in [-0.05, 0) is 26.2 Å². The Morgan fingerprint density at radius 3 is 2.60 bits per heavy atom. The van der Waals surface area contributed by atoms with Crippen molar-refractivity contribution in [3.63, 3.8) is 0 Å². The maximum Gasteiger partial charge on any atom is 0.200 e. The first-order valence-electron chi connectivity index (χ1n) is 4.43. The molecule has 0 N–H and O–H groups in total. The molecule has 2 nitrogen and oxygen atoms in total. The topological polar surface area (TPSA) is 12.5 Å². The molecule has 0 saturated heterocycles. The van der Waals surface area contributed by atoms with Gasteiger partial charge in [0.2, 0.25) is 5.82 Å². The first-order valence-corrected chi connectivity index (χ1v) is 5.22. The second-order valence-corrected chi connectivity index (χ2v) is 4.27. The molecular weight excluding hydrogens is 268 g/mol. The first kappa shape index (κ1) is 12.4. The van der Waals surface area contributed by atoms with Crippen molar-refractivity contribution in [3.05, 3.63) is 28.2 Å². The zero-order chi connectivity index (χ0) is 11.4. The second kappa shape index (κ2) is 5.42. The predicted octanol–water partition coefficient (Wildman–Crippen LogP) is 2.67. The van der Waals surface area contributed by atoms with Gasteiger partial charge in [0.15, 0.2) is 11.6 Å². The molecule has 1 rings (SSSR count). The Hall–Kier alpha value is -0.680. The highest BCUT2D eigenvalue weighted by atomic mass is 79.9. The van der Waals surface area contributed by atoms with E-state index in [9.17, 15) is 8.78 Å². The van der Waals surface area contributed by atoms with E-state index in [-0.39, 0.29) is 5.75 Å². The number of hydrogen-bond acceptors (Lipinski definition) is 2. The molecular formula is C10H12BrF2NO. The van der Waals surface area contributed by atoms with E-state index in [1.165, 1.54) is 6.07 Å². The number of rotatable bonds is 4. The highest BCUT2D eigenvalue weighted by Gasteiger charge is 2.10. The third-order valence-electron chi connectivity index (χ3n) is 1.76. The minimum Gasteiger partial charge on any atom is -0.489 e. The van der Waals surface area contributed by atoms with Crippen LogP contribution in [0.1, 0.15) is 0 Å². The van der Waals surface area contributed by atoms with E-state index in [4.69, 9.17) is 4.74 Å². The summed E-state index contributed by atoms with van der Waals surface area (Å²) < 4.78 is 31.7. The summed E-state index contributed by atoms with van der Waals surface area (Å²) in [6.45, 7) is 0.966. The largest absolute Gasteiger partial charge is 0.489 e. The van der Waals surface area contributed by atoms with Crippen LogP contribution in [0.3, 0.4) is 0 Å². The molecule has 15 heavy (non-hydrogen) atoms. The Balaban J connectivity index is 2.68. The molecule has 1 aromatic rings. The van der Waals surface area contributed by atoms with E-state index < -0.39 is 11.6 Å². The van der Waals surface area contributed by atoms with Gasteiger partial charge in [0.05, 0.1) is 0 Å². The molecule has 0 saturated carbocycles. The van der Waals surface area contributed by atoms with Crippen molar-refractivity contribution < 1.29 is 13.5 Å². The number of benzene rings is 1.